The fourth-order valence-electron chi connectivity index (χ4n) is 2.38. The number of aryl methyl sites for hydroxylation is 1. The zero-order valence-corrected chi connectivity index (χ0v) is 11.7. The maximum Gasteiger partial charge on any atom is 0.300 e. The molecule has 0 aliphatic carbocycles. The standard InChI is InChI=1S/C15H16N4O2/c1-2-14-17-11-5-3-4-6-12(11)19(14)9-10-7-8-13(21-10)15(20)18-16/h3-8H,2,9,16H2,1H3,(H,18,20). The molecule has 0 aliphatic heterocycles. The van der Waals surface area contributed by atoms with Crippen LogP contribution >= 0.6 is 0 Å². The number of para-hydroxylation sites is 2. The molecule has 0 bridgehead atoms. The SMILES string of the molecule is CCc1nc2ccccc2n1Cc1ccc(C(=O)NN)o1. The minimum Gasteiger partial charge on any atom is -0.454 e. The molecule has 1 aromatic carbocycles. The van der Waals surface area contributed by atoms with Crippen LogP contribution in [0, 0.1) is 0 Å². The van der Waals surface area contributed by atoms with Crippen molar-refractivity contribution >= 4 is 16.9 Å². The van der Waals surface area contributed by atoms with E-state index in [-0.39, 0.29) is 5.76 Å². The zero-order valence-electron chi connectivity index (χ0n) is 11.7. The predicted molar refractivity (Wildman–Crippen MR) is 78.6 cm³/mol. The molecule has 6 nitrogen and oxygen atoms in total. The number of hydrogen-bond acceptors (Lipinski definition) is 4. The van der Waals surface area contributed by atoms with Crippen molar-refractivity contribution in [1.82, 2.24) is 15.0 Å². The van der Waals surface area contributed by atoms with Gasteiger partial charge < -0.3 is 8.98 Å². The maximum absolute atomic E-state index is 11.4. The van der Waals surface area contributed by atoms with Gasteiger partial charge >= 0.3 is 5.91 Å². The maximum atomic E-state index is 11.4. The van der Waals surface area contributed by atoms with Gasteiger partial charge in [0.15, 0.2) is 5.76 Å². The summed E-state index contributed by atoms with van der Waals surface area (Å²) < 4.78 is 7.61. The third-order valence-corrected chi connectivity index (χ3v) is 3.38. The van der Waals surface area contributed by atoms with Crippen LogP contribution in [0.2, 0.25) is 0 Å². The molecule has 2 aromatic heterocycles. The molecule has 3 aromatic rings. The molecule has 0 fully saturated rings. The van der Waals surface area contributed by atoms with E-state index < -0.39 is 5.91 Å². The highest BCUT2D eigenvalue weighted by molar-refractivity contribution is 5.90. The van der Waals surface area contributed by atoms with Crippen molar-refractivity contribution in [3.8, 4) is 0 Å². The molecular weight excluding hydrogens is 268 g/mol. The number of benzene rings is 1. The Bertz CT molecular complexity index is 788. The van der Waals surface area contributed by atoms with Crippen LogP contribution in [0.5, 0.6) is 0 Å². The first-order valence-corrected chi connectivity index (χ1v) is 6.76. The minimum atomic E-state index is -0.438. The monoisotopic (exact) mass is 284 g/mol. The largest absolute Gasteiger partial charge is 0.454 e. The molecule has 3 rings (SSSR count). The summed E-state index contributed by atoms with van der Waals surface area (Å²) in [6.07, 6.45) is 0.825. The number of hydrogen-bond donors (Lipinski definition) is 2. The van der Waals surface area contributed by atoms with Gasteiger partial charge in [-0.15, -0.1) is 0 Å². The number of aromatic nitrogens is 2. The number of rotatable bonds is 4. The summed E-state index contributed by atoms with van der Waals surface area (Å²) in [7, 11) is 0. The number of nitrogens with one attached hydrogen (secondary N) is 1. The molecule has 0 atom stereocenters. The predicted octanol–water partition coefficient (Wildman–Crippen LogP) is 1.84. The van der Waals surface area contributed by atoms with E-state index in [0.717, 1.165) is 23.3 Å². The molecule has 0 radical (unpaired) electrons. The van der Waals surface area contributed by atoms with E-state index in [4.69, 9.17) is 10.3 Å². The first-order chi connectivity index (χ1) is 10.2. The van der Waals surface area contributed by atoms with Gasteiger partial charge in [0.2, 0.25) is 0 Å². The molecule has 1 amide bonds. The highest BCUT2D eigenvalue weighted by Crippen LogP contribution is 2.19. The summed E-state index contributed by atoms with van der Waals surface area (Å²) >= 11 is 0. The van der Waals surface area contributed by atoms with Crippen molar-refractivity contribution < 1.29 is 9.21 Å². The van der Waals surface area contributed by atoms with Gasteiger partial charge in [0.05, 0.1) is 17.6 Å². The van der Waals surface area contributed by atoms with Crippen LogP contribution in [0.1, 0.15) is 29.1 Å². The normalized spacial score (nSPS) is 11.0. The van der Waals surface area contributed by atoms with Crippen LogP contribution in [0.25, 0.3) is 11.0 Å². The molecule has 0 spiro atoms. The first kappa shape index (κ1) is 13.4. The van der Waals surface area contributed by atoms with Crippen molar-refractivity contribution in [3.63, 3.8) is 0 Å². The lowest BCUT2D eigenvalue weighted by Crippen LogP contribution is -2.29. The summed E-state index contributed by atoms with van der Waals surface area (Å²) in [5, 5.41) is 0. The summed E-state index contributed by atoms with van der Waals surface area (Å²) in [5.41, 5.74) is 4.06. The highest BCUT2D eigenvalue weighted by Gasteiger charge is 2.13. The number of fused-ring (bicyclic) bond motifs is 1. The van der Waals surface area contributed by atoms with Gasteiger partial charge in [0.25, 0.3) is 0 Å². The Morgan fingerprint density at radius 3 is 2.90 bits per heavy atom. The molecule has 21 heavy (non-hydrogen) atoms. The third-order valence-electron chi connectivity index (χ3n) is 3.38. The van der Waals surface area contributed by atoms with Crippen LogP contribution in [-0.4, -0.2) is 15.5 Å². The average molecular weight is 284 g/mol. The van der Waals surface area contributed by atoms with E-state index in [1.165, 1.54) is 0 Å². The van der Waals surface area contributed by atoms with Crippen LogP contribution in [0.4, 0.5) is 0 Å². The van der Waals surface area contributed by atoms with E-state index in [2.05, 4.69) is 21.9 Å². The van der Waals surface area contributed by atoms with Gasteiger partial charge in [-0.3, -0.25) is 10.2 Å². The van der Waals surface area contributed by atoms with E-state index in [1.807, 2.05) is 24.3 Å². The molecule has 3 N–H and O–H groups in total. The van der Waals surface area contributed by atoms with Crippen molar-refractivity contribution in [2.45, 2.75) is 19.9 Å². The lowest BCUT2D eigenvalue weighted by Gasteiger charge is -2.05. The molecule has 108 valence electrons. The van der Waals surface area contributed by atoms with Crippen molar-refractivity contribution in [3.05, 3.63) is 53.7 Å². The van der Waals surface area contributed by atoms with Crippen LogP contribution in [0.15, 0.2) is 40.8 Å². The molecule has 0 saturated heterocycles. The number of nitrogens with two attached hydrogens (primary N) is 1. The van der Waals surface area contributed by atoms with Gasteiger partial charge in [-0.05, 0) is 24.3 Å². The molecular formula is C15H16N4O2. The summed E-state index contributed by atoms with van der Waals surface area (Å²) in [6.45, 7) is 2.59. The quantitative estimate of drug-likeness (QED) is 0.435. The number of imidazole rings is 1. The number of carbonyl (C=O) groups is 1. The van der Waals surface area contributed by atoms with Crippen LogP contribution < -0.4 is 11.3 Å². The summed E-state index contributed by atoms with van der Waals surface area (Å²) in [4.78, 5) is 16.0. The van der Waals surface area contributed by atoms with E-state index in [9.17, 15) is 4.79 Å². The molecule has 0 saturated carbocycles. The lowest BCUT2D eigenvalue weighted by molar-refractivity contribution is 0.0924. The van der Waals surface area contributed by atoms with Gasteiger partial charge in [0.1, 0.15) is 11.6 Å². The Labute approximate surface area is 121 Å². The number of hydrazine groups is 1. The van der Waals surface area contributed by atoms with Crippen LogP contribution in [0.3, 0.4) is 0 Å². The fourth-order valence-corrected chi connectivity index (χ4v) is 2.38. The molecule has 0 unspecified atom stereocenters. The average Bonchev–Trinajstić information content (AvgIpc) is 3.12. The summed E-state index contributed by atoms with van der Waals surface area (Å²) in [5.74, 6) is 6.53. The molecule has 6 heteroatoms. The number of nitrogens with zero attached hydrogens (tertiary/aromatic N) is 2. The van der Waals surface area contributed by atoms with Gasteiger partial charge in [-0.1, -0.05) is 19.1 Å². The Kier molecular flexibility index (Phi) is 3.45. The van der Waals surface area contributed by atoms with Gasteiger partial charge in [0, 0.05) is 6.42 Å². The Morgan fingerprint density at radius 1 is 1.33 bits per heavy atom. The second-order valence-electron chi connectivity index (χ2n) is 4.70. The van der Waals surface area contributed by atoms with Crippen LogP contribution in [-0.2, 0) is 13.0 Å². The van der Waals surface area contributed by atoms with Crippen molar-refractivity contribution in [1.29, 1.82) is 0 Å². The Morgan fingerprint density at radius 2 is 2.14 bits per heavy atom. The lowest BCUT2D eigenvalue weighted by atomic mass is 10.3. The van der Waals surface area contributed by atoms with Crippen molar-refractivity contribution in [2.75, 3.05) is 0 Å². The number of carbonyl (C=O) groups excluding carboxylic acids is 1. The van der Waals surface area contributed by atoms with Crippen molar-refractivity contribution in [2.24, 2.45) is 5.84 Å². The number of amides is 1. The van der Waals surface area contributed by atoms with E-state index >= 15 is 0 Å². The second kappa shape index (κ2) is 5.41. The number of nitrogen functional groups attached to an aromatic ring is 1. The van der Waals surface area contributed by atoms with Gasteiger partial charge in [-0.25, -0.2) is 10.8 Å². The third kappa shape index (κ3) is 2.41. The van der Waals surface area contributed by atoms with Gasteiger partial charge in [-0.2, -0.15) is 0 Å². The zero-order chi connectivity index (χ0) is 14.8. The van der Waals surface area contributed by atoms with E-state index in [0.29, 0.717) is 12.3 Å². The Hall–Kier alpha value is -2.60. The first-order valence-electron chi connectivity index (χ1n) is 6.76. The topological polar surface area (TPSA) is 86.1 Å². The molecule has 2 heterocycles. The highest BCUT2D eigenvalue weighted by atomic mass is 16.4. The fraction of sp³-hybridized carbons (Fsp3) is 0.200. The Balaban J connectivity index is 1.97. The van der Waals surface area contributed by atoms with E-state index in [1.54, 1.807) is 12.1 Å². The molecule has 0 aliphatic rings. The smallest absolute Gasteiger partial charge is 0.300 e. The second-order valence-corrected chi connectivity index (χ2v) is 4.70. The summed E-state index contributed by atoms with van der Waals surface area (Å²) in [6, 6.07) is 11.4. The number of furan rings is 1. The minimum absolute atomic E-state index is 0.204.